The second-order valence-corrected chi connectivity index (χ2v) is 22.6. The Morgan fingerprint density at radius 2 is 1.69 bits per heavy atom. The van der Waals surface area contributed by atoms with Gasteiger partial charge in [-0.2, -0.15) is 9.97 Å². The van der Waals surface area contributed by atoms with Gasteiger partial charge in [0.15, 0.2) is 5.82 Å². The number of hydrogen-bond donors (Lipinski definition) is 3. The van der Waals surface area contributed by atoms with Crippen LogP contribution in [0.25, 0.3) is 43.8 Å². The number of halogens is 2. The number of β-amino-alcohol motifs (C(OH)–C–C–N with tert-alkyl or cyclic N) is 1. The maximum atomic E-state index is 17.2. The van der Waals surface area contributed by atoms with E-state index < -0.39 is 17.2 Å². The van der Waals surface area contributed by atoms with Gasteiger partial charge < -0.3 is 34.2 Å². The van der Waals surface area contributed by atoms with Gasteiger partial charge in [0.2, 0.25) is 11.8 Å². The van der Waals surface area contributed by atoms with E-state index in [0.29, 0.717) is 84.4 Å². The van der Waals surface area contributed by atoms with Crippen molar-refractivity contribution in [3.63, 3.8) is 0 Å². The lowest BCUT2D eigenvalue weighted by Gasteiger charge is -2.56. The smallest absolute Gasteiger partial charge is 0.319 e. The largest absolute Gasteiger partial charge is 0.508 e. The Labute approximate surface area is 418 Å². The molecule has 4 saturated heterocycles. The number of aliphatic hydroxyl groups is 1. The van der Waals surface area contributed by atoms with E-state index in [4.69, 9.17) is 14.7 Å². The highest BCUT2D eigenvalue weighted by atomic mass is 19.1. The van der Waals surface area contributed by atoms with Crippen LogP contribution in [0.4, 0.5) is 20.3 Å². The summed E-state index contributed by atoms with van der Waals surface area (Å²) >= 11 is 0. The maximum absolute atomic E-state index is 17.2. The van der Waals surface area contributed by atoms with Crippen LogP contribution in [-0.2, 0) is 23.1 Å². The van der Waals surface area contributed by atoms with E-state index >= 15 is 8.78 Å². The number of carbonyl (C=O) groups is 2. The number of ether oxygens (including phenoxy) is 1. The van der Waals surface area contributed by atoms with Crippen molar-refractivity contribution in [2.75, 3.05) is 75.3 Å². The molecular formula is C56H65F2N9O5. The van der Waals surface area contributed by atoms with Gasteiger partial charge in [-0.25, -0.2) is 8.78 Å². The highest BCUT2D eigenvalue weighted by molar-refractivity contribution is 6.04. The highest BCUT2D eigenvalue weighted by Crippen LogP contribution is 2.53. The minimum Gasteiger partial charge on any atom is -0.508 e. The molecule has 6 aliphatic rings. The number of piperidine rings is 3. The van der Waals surface area contributed by atoms with Crippen LogP contribution in [0.2, 0.25) is 0 Å². The fraction of sp³-hybridized carbons (Fsp3) is 0.518. The number of nitrogens with zero attached hydrogens (tertiary/aromatic N) is 8. The number of fused-ring (bicyclic) bond motifs is 3. The average Bonchev–Trinajstić information content (AvgIpc) is 4.05. The summed E-state index contributed by atoms with van der Waals surface area (Å²) in [7, 11) is 2.03. The van der Waals surface area contributed by atoms with E-state index in [2.05, 4.69) is 54.0 Å². The number of imide groups is 1. The standard InChI is InChI=1S/C56H65F2N9O5/c1-4-38-44(57)10-6-34-24-37(68)26-41(47(34)38)49-48(58)50-42(29-59-49)51(67-17-5-12-54(2,71)31-67)62-53(61-50)72-33-56(13-14-56)32-64-18-15-55(16-19-64)27-36(28-55)66-22-20-65(21-23-66)35-7-8-39-43(30-63(3)45(39)25-35)40-9-11-46(69)60-52(40)70/h6-8,10,24-26,29-30,36,40,68,71H,4-5,9,11-23,27-28,31-33H2,1-3H3,(H,60,69,70)/t40?,54-/m1/s1. The highest BCUT2D eigenvalue weighted by Gasteiger charge is 2.51. The molecule has 378 valence electrons. The van der Waals surface area contributed by atoms with Gasteiger partial charge in [-0.3, -0.25) is 24.8 Å². The van der Waals surface area contributed by atoms with E-state index in [0.717, 1.165) is 81.5 Å². The summed E-state index contributed by atoms with van der Waals surface area (Å²) in [4.78, 5) is 48.5. The molecule has 0 bridgehead atoms. The van der Waals surface area contributed by atoms with Gasteiger partial charge in [-0.1, -0.05) is 19.1 Å². The molecule has 72 heavy (non-hydrogen) atoms. The summed E-state index contributed by atoms with van der Waals surface area (Å²) in [5.74, 6) is -1.44. The normalized spacial score (nSPS) is 23.8. The van der Waals surface area contributed by atoms with Crippen LogP contribution in [0, 0.1) is 22.5 Å². The van der Waals surface area contributed by atoms with Crippen molar-refractivity contribution in [3.05, 3.63) is 77.6 Å². The number of aromatic nitrogens is 4. The molecule has 3 aromatic carbocycles. The van der Waals surface area contributed by atoms with E-state index in [9.17, 15) is 19.8 Å². The SMILES string of the molecule is CCc1c(F)ccc2cc(O)cc(-c3ncc4c(N5CCC[C@@](C)(O)C5)nc(OCC5(CN6CCC7(CC6)CC(N6CCN(c8ccc9c(C%10CCC(=O)NC%10=O)cn(C)c9c8)CC6)C7)CC5)nc4c3F)c12. The number of pyridine rings is 1. The minimum atomic E-state index is -0.958. The molecule has 2 aliphatic carbocycles. The first-order valence-corrected chi connectivity index (χ1v) is 26.2. The number of aryl methyl sites for hydroxylation is 2. The Kier molecular flexibility index (Phi) is 11.7. The Morgan fingerprint density at radius 1 is 0.903 bits per heavy atom. The van der Waals surface area contributed by atoms with Crippen LogP contribution in [0.1, 0.15) is 95.1 Å². The predicted molar refractivity (Wildman–Crippen MR) is 273 cm³/mol. The van der Waals surface area contributed by atoms with Crippen molar-refractivity contribution < 1.29 is 33.3 Å². The zero-order valence-electron chi connectivity index (χ0n) is 41.7. The lowest BCUT2D eigenvalue weighted by molar-refractivity contribution is -0.134. The maximum Gasteiger partial charge on any atom is 0.319 e. The molecule has 4 aliphatic heterocycles. The predicted octanol–water partition coefficient (Wildman–Crippen LogP) is 7.98. The van der Waals surface area contributed by atoms with Gasteiger partial charge in [0.1, 0.15) is 28.6 Å². The number of aromatic hydroxyl groups is 1. The number of phenols is 1. The number of carbonyl (C=O) groups excluding carboxylic acids is 2. The molecule has 6 fully saturated rings. The van der Waals surface area contributed by atoms with E-state index in [1.165, 1.54) is 43.5 Å². The summed E-state index contributed by atoms with van der Waals surface area (Å²) in [6.45, 7) is 12.1. The molecule has 14 nitrogen and oxygen atoms in total. The number of amides is 2. The Balaban J connectivity index is 0.686. The molecule has 1 unspecified atom stereocenters. The molecule has 2 atom stereocenters. The van der Waals surface area contributed by atoms with E-state index in [1.54, 1.807) is 25.3 Å². The summed E-state index contributed by atoms with van der Waals surface area (Å²) < 4.78 is 41.0. The van der Waals surface area contributed by atoms with Crippen LogP contribution in [0.15, 0.2) is 54.9 Å². The second kappa shape index (κ2) is 17.9. The molecule has 2 amide bonds. The van der Waals surface area contributed by atoms with Gasteiger partial charge in [-0.15, -0.1) is 0 Å². The number of rotatable bonds is 11. The molecule has 7 heterocycles. The van der Waals surface area contributed by atoms with Crippen LogP contribution >= 0.6 is 0 Å². The van der Waals surface area contributed by atoms with E-state index in [-0.39, 0.29) is 51.7 Å². The van der Waals surface area contributed by atoms with Crippen molar-refractivity contribution >= 4 is 55.9 Å². The molecule has 6 aromatic rings. The Hall–Kier alpha value is -5.97. The number of nitrogens with one attached hydrogen (secondary N) is 1. The first-order valence-electron chi connectivity index (χ1n) is 26.2. The zero-order valence-corrected chi connectivity index (χ0v) is 41.7. The fourth-order valence-corrected chi connectivity index (χ4v) is 13.2. The number of hydrogen-bond acceptors (Lipinski definition) is 12. The van der Waals surface area contributed by atoms with Crippen molar-refractivity contribution in [3.8, 4) is 23.0 Å². The lowest BCUT2D eigenvalue weighted by Crippen LogP contribution is -2.59. The topological polar surface area (TPSA) is 152 Å². The number of benzene rings is 3. The molecule has 0 radical (unpaired) electrons. The Morgan fingerprint density at radius 3 is 2.43 bits per heavy atom. The minimum absolute atomic E-state index is 0.0244. The number of piperazine rings is 1. The molecule has 2 saturated carbocycles. The van der Waals surface area contributed by atoms with Crippen molar-refractivity contribution in [1.82, 2.24) is 34.6 Å². The third kappa shape index (κ3) is 8.60. The molecule has 12 rings (SSSR count). The third-order valence-corrected chi connectivity index (χ3v) is 17.5. The van der Waals surface area contributed by atoms with Crippen molar-refractivity contribution in [1.29, 1.82) is 0 Å². The monoisotopic (exact) mass is 982 g/mol. The van der Waals surface area contributed by atoms with Gasteiger partial charge in [0, 0.05) is 99.8 Å². The fourth-order valence-electron chi connectivity index (χ4n) is 13.2. The number of likely N-dealkylation sites (tertiary alicyclic amines) is 1. The van der Waals surface area contributed by atoms with Crippen molar-refractivity contribution in [2.24, 2.45) is 17.9 Å². The Bertz CT molecular complexity index is 3130. The molecule has 3 aromatic heterocycles. The second-order valence-electron chi connectivity index (χ2n) is 22.6. The summed E-state index contributed by atoms with van der Waals surface area (Å²) in [5.41, 5.74) is 3.40. The van der Waals surface area contributed by atoms with Crippen molar-refractivity contribution in [2.45, 2.75) is 102 Å². The number of anilines is 2. The van der Waals surface area contributed by atoms with Gasteiger partial charge in [0.25, 0.3) is 0 Å². The van der Waals surface area contributed by atoms with Gasteiger partial charge >= 0.3 is 6.01 Å². The summed E-state index contributed by atoms with van der Waals surface area (Å²) in [6, 6.07) is 13.2. The van der Waals surface area contributed by atoms with Crippen LogP contribution < -0.4 is 19.9 Å². The molecular weight excluding hydrogens is 917 g/mol. The quantitative estimate of drug-likeness (QED) is 0.108. The molecule has 1 spiro atoms. The van der Waals surface area contributed by atoms with Crippen LogP contribution in [0.5, 0.6) is 11.8 Å². The summed E-state index contributed by atoms with van der Waals surface area (Å²) in [5, 5.41) is 26.9. The molecule has 3 N–H and O–H groups in total. The first-order chi connectivity index (χ1) is 34.7. The number of phenolic OH excluding ortho intramolecular Hbond substituents is 1. The van der Waals surface area contributed by atoms with Gasteiger partial charge in [0.05, 0.1) is 29.0 Å². The lowest BCUT2D eigenvalue weighted by atomic mass is 9.60. The van der Waals surface area contributed by atoms with Crippen LogP contribution in [0.3, 0.4) is 0 Å². The molecule has 16 heteroatoms. The van der Waals surface area contributed by atoms with Gasteiger partial charge in [-0.05, 0) is 142 Å². The summed E-state index contributed by atoms with van der Waals surface area (Å²) in [6.07, 6.45) is 13.2. The van der Waals surface area contributed by atoms with Crippen LogP contribution in [-0.4, -0.2) is 128 Å². The third-order valence-electron chi connectivity index (χ3n) is 17.5. The zero-order chi connectivity index (χ0) is 49.7. The first kappa shape index (κ1) is 47.1. The van der Waals surface area contributed by atoms with E-state index in [1.807, 2.05) is 18.9 Å². The average molecular weight is 982 g/mol.